The molecule has 0 bridgehead atoms. The molecule has 2 heterocycles. The van der Waals surface area contributed by atoms with Gasteiger partial charge in [0.2, 0.25) is 5.91 Å². The molecule has 1 unspecified atom stereocenters. The molecule has 1 aromatic carbocycles. The fourth-order valence-electron chi connectivity index (χ4n) is 3.42. The Morgan fingerprint density at radius 3 is 2.92 bits per heavy atom. The fraction of sp³-hybridized carbons (Fsp3) is 0.500. The molecule has 1 aliphatic heterocycles. The van der Waals surface area contributed by atoms with E-state index >= 15 is 0 Å². The maximum absolute atomic E-state index is 12.1. The van der Waals surface area contributed by atoms with E-state index in [2.05, 4.69) is 51.0 Å². The molecular weight excluding hydrogens is 312 g/mol. The Morgan fingerprint density at radius 1 is 1.32 bits per heavy atom. The van der Waals surface area contributed by atoms with Gasteiger partial charge in [0.15, 0.2) is 0 Å². The molecule has 25 heavy (non-hydrogen) atoms. The van der Waals surface area contributed by atoms with Crippen molar-refractivity contribution in [3.63, 3.8) is 0 Å². The zero-order valence-electron chi connectivity index (χ0n) is 15.0. The lowest BCUT2D eigenvalue weighted by atomic mass is 10.1. The van der Waals surface area contributed by atoms with Gasteiger partial charge in [0.1, 0.15) is 5.82 Å². The summed E-state index contributed by atoms with van der Waals surface area (Å²) in [6.45, 7) is 6.22. The molecule has 1 atom stereocenters. The number of imidazole rings is 1. The summed E-state index contributed by atoms with van der Waals surface area (Å²) in [6.07, 6.45) is 7.12. The van der Waals surface area contributed by atoms with E-state index in [4.69, 9.17) is 0 Å². The maximum atomic E-state index is 12.1. The van der Waals surface area contributed by atoms with Crippen LogP contribution < -0.4 is 5.32 Å². The number of likely N-dealkylation sites (tertiary alicyclic amines) is 1. The highest BCUT2D eigenvalue weighted by Gasteiger charge is 2.20. The Morgan fingerprint density at radius 2 is 2.16 bits per heavy atom. The van der Waals surface area contributed by atoms with E-state index in [0.717, 1.165) is 38.3 Å². The van der Waals surface area contributed by atoms with E-state index in [-0.39, 0.29) is 5.91 Å². The van der Waals surface area contributed by atoms with Crippen LogP contribution in [0.4, 0.5) is 0 Å². The third kappa shape index (κ3) is 5.43. The van der Waals surface area contributed by atoms with Gasteiger partial charge in [0.05, 0.1) is 13.1 Å². The molecule has 3 rings (SSSR count). The molecule has 5 heteroatoms. The monoisotopic (exact) mass is 340 g/mol. The molecule has 1 saturated heterocycles. The zero-order valence-corrected chi connectivity index (χ0v) is 15.0. The van der Waals surface area contributed by atoms with Crippen LogP contribution in [0.15, 0.2) is 42.7 Å². The number of aryl methyl sites for hydroxylation is 2. The van der Waals surface area contributed by atoms with Crippen LogP contribution in [0.1, 0.15) is 31.2 Å². The largest absolute Gasteiger partial charge is 0.348 e. The summed E-state index contributed by atoms with van der Waals surface area (Å²) >= 11 is 0. The second-order valence-corrected chi connectivity index (χ2v) is 7.03. The number of hydrogen-bond donors (Lipinski definition) is 1. The van der Waals surface area contributed by atoms with Gasteiger partial charge in [-0.2, -0.15) is 0 Å². The number of aromatic nitrogens is 2. The lowest BCUT2D eigenvalue weighted by Crippen LogP contribution is -2.36. The van der Waals surface area contributed by atoms with Crippen LogP contribution in [-0.2, 0) is 24.3 Å². The maximum Gasteiger partial charge on any atom is 0.234 e. The molecule has 0 spiro atoms. The second-order valence-electron chi connectivity index (χ2n) is 7.03. The van der Waals surface area contributed by atoms with Crippen molar-refractivity contribution in [2.24, 2.45) is 5.92 Å². The van der Waals surface area contributed by atoms with E-state index in [0.29, 0.717) is 19.0 Å². The lowest BCUT2D eigenvalue weighted by Gasteiger charge is -2.15. The van der Waals surface area contributed by atoms with Crippen LogP contribution >= 0.6 is 0 Å². The van der Waals surface area contributed by atoms with Gasteiger partial charge in [0.25, 0.3) is 0 Å². The molecule has 1 amide bonds. The van der Waals surface area contributed by atoms with Crippen molar-refractivity contribution in [2.45, 2.75) is 39.3 Å². The lowest BCUT2D eigenvalue weighted by molar-refractivity contribution is -0.122. The third-order valence-corrected chi connectivity index (χ3v) is 4.83. The van der Waals surface area contributed by atoms with Crippen LogP contribution in [0.25, 0.3) is 0 Å². The van der Waals surface area contributed by atoms with E-state index in [1.807, 2.05) is 18.5 Å². The summed E-state index contributed by atoms with van der Waals surface area (Å²) in [6, 6.07) is 10.5. The first-order valence-electron chi connectivity index (χ1n) is 9.23. The summed E-state index contributed by atoms with van der Waals surface area (Å²) in [4.78, 5) is 18.7. The van der Waals surface area contributed by atoms with Gasteiger partial charge >= 0.3 is 0 Å². The Hall–Kier alpha value is -2.14. The van der Waals surface area contributed by atoms with E-state index in [1.54, 1.807) is 0 Å². The number of nitrogens with zero attached hydrogens (tertiary/aromatic N) is 3. The van der Waals surface area contributed by atoms with Crippen LogP contribution in [0.3, 0.4) is 0 Å². The predicted molar refractivity (Wildman–Crippen MR) is 99.1 cm³/mol. The average molecular weight is 340 g/mol. The average Bonchev–Trinajstić information content (AvgIpc) is 3.23. The highest BCUT2D eigenvalue weighted by atomic mass is 16.2. The van der Waals surface area contributed by atoms with Gasteiger partial charge in [-0.3, -0.25) is 9.69 Å². The molecule has 0 radical (unpaired) electrons. The molecular formula is C20H28N4O. The summed E-state index contributed by atoms with van der Waals surface area (Å²) < 4.78 is 2.14. The van der Waals surface area contributed by atoms with Crippen molar-refractivity contribution in [1.29, 1.82) is 0 Å². The number of nitrogens with one attached hydrogen (secondary N) is 1. The Labute approximate surface area is 150 Å². The molecule has 5 nitrogen and oxygen atoms in total. The molecule has 0 aliphatic carbocycles. The minimum Gasteiger partial charge on any atom is -0.348 e. The van der Waals surface area contributed by atoms with E-state index in [9.17, 15) is 4.79 Å². The van der Waals surface area contributed by atoms with Crippen LogP contribution in [0, 0.1) is 5.92 Å². The highest BCUT2D eigenvalue weighted by molar-refractivity contribution is 5.77. The first kappa shape index (κ1) is 17.7. The number of carbonyl (C=O) groups is 1. The van der Waals surface area contributed by atoms with Gasteiger partial charge in [-0.25, -0.2) is 4.98 Å². The number of rotatable bonds is 8. The SMILES string of the molecule is CC1CCN(CC(=O)NCc2nccn2CCCc2ccccc2)C1. The molecule has 1 fully saturated rings. The van der Waals surface area contributed by atoms with Gasteiger partial charge < -0.3 is 9.88 Å². The first-order chi connectivity index (χ1) is 12.2. The minimum absolute atomic E-state index is 0.0907. The molecule has 1 aliphatic rings. The van der Waals surface area contributed by atoms with Crippen molar-refractivity contribution < 1.29 is 4.79 Å². The van der Waals surface area contributed by atoms with Crippen LogP contribution in [0.5, 0.6) is 0 Å². The number of hydrogen-bond acceptors (Lipinski definition) is 3. The minimum atomic E-state index is 0.0907. The summed E-state index contributed by atoms with van der Waals surface area (Å²) in [5.41, 5.74) is 1.36. The number of benzene rings is 1. The molecule has 1 aromatic heterocycles. The Bertz CT molecular complexity index is 667. The van der Waals surface area contributed by atoms with Gasteiger partial charge in [0, 0.05) is 25.5 Å². The topological polar surface area (TPSA) is 50.2 Å². The third-order valence-electron chi connectivity index (χ3n) is 4.83. The van der Waals surface area contributed by atoms with E-state index in [1.165, 1.54) is 12.0 Å². The first-order valence-corrected chi connectivity index (χ1v) is 9.23. The smallest absolute Gasteiger partial charge is 0.234 e. The zero-order chi connectivity index (χ0) is 17.5. The quantitative estimate of drug-likeness (QED) is 0.803. The highest BCUT2D eigenvalue weighted by Crippen LogP contribution is 2.14. The standard InChI is InChI=1S/C20H28N4O/c1-17-9-12-23(15-17)16-20(25)22-14-19-21-10-13-24(19)11-5-8-18-6-3-2-4-7-18/h2-4,6-7,10,13,17H,5,8-9,11-12,14-16H2,1H3,(H,22,25). The molecule has 2 aromatic rings. The van der Waals surface area contributed by atoms with Crippen LogP contribution in [0.2, 0.25) is 0 Å². The van der Waals surface area contributed by atoms with Crippen LogP contribution in [-0.4, -0.2) is 40.0 Å². The van der Waals surface area contributed by atoms with Crippen molar-refractivity contribution >= 4 is 5.91 Å². The molecule has 0 saturated carbocycles. The summed E-state index contributed by atoms with van der Waals surface area (Å²) in [5, 5.41) is 3.01. The Balaban J connectivity index is 1.41. The van der Waals surface area contributed by atoms with E-state index < -0.39 is 0 Å². The second kappa shape index (κ2) is 8.81. The normalized spacial score (nSPS) is 17.7. The Kier molecular flexibility index (Phi) is 6.23. The van der Waals surface area contributed by atoms with Crippen molar-refractivity contribution in [3.8, 4) is 0 Å². The van der Waals surface area contributed by atoms with Gasteiger partial charge in [-0.15, -0.1) is 0 Å². The number of amides is 1. The number of carbonyl (C=O) groups excluding carboxylic acids is 1. The van der Waals surface area contributed by atoms with Gasteiger partial charge in [-0.1, -0.05) is 37.3 Å². The summed E-state index contributed by atoms with van der Waals surface area (Å²) in [7, 11) is 0. The molecule has 1 N–H and O–H groups in total. The fourth-order valence-corrected chi connectivity index (χ4v) is 3.42. The van der Waals surface area contributed by atoms with Crippen molar-refractivity contribution in [1.82, 2.24) is 19.8 Å². The van der Waals surface area contributed by atoms with Gasteiger partial charge in [-0.05, 0) is 37.3 Å². The predicted octanol–water partition coefficient (Wildman–Crippen LogP) is 2.47. The van der Waals surface area contributed by atoms with Crippen molar-refractivity contribution in [2.75, 3.05) is 19.6 Å². The molecule has 134 valence electrons. The van der Waals surface area contributed by atoms with Crippen molar-refractivity contribution in [3.05, 3.63) is 54.1 Å². The summed E-state index contributed by atoms with van der Waals surface area (Å²) in [5.74, 6) is 1.72.